The van der Waals surface area contributed by atoms with Crippen molar-refractivity contribution in [2.45, 2.75) is 26.9 Å². The van der Waals surface area contributed by atoms with Crippen LogP contribution in [0.15, 0.2) is 34.9 Å². The number of hydrogen-bond donors (Lipinski definition) is 0. The molecule has 21 heavy (non-hydrogen) atoms. The number of hydrogen-bond acceptors (Lipinski definition) is 6. The quantitative estimate of drug-likeness (QED) is 0.726. The molecule has 0 fully saturated rings. The summed E-state index contributed by atoms with van der Waals surface area (Å²) in [7, 11) is 0. The molecule has 1 aromatic heterocycles. The highest BCUT2D eigenvalue weighted by Crippen LogP contribution is 2.09. The summed E-state index contributed by atoms with van der Waals surface area (Å²) in [6.07, 6.45) is 0. The van der Waals surface area contributed by atoms with E-state index in [1.165, 1.54) is 0 Å². The molecule has 6 nitrogen and oxygen atoms in total. The van der Waals surface area contributed by atoms with E-state index in [4.69, 9.17) is 9.26 Å². The molecule has 0 N–H and O–H groups in total. The highest BCUT2D eigenvalue weighted by molar-refractivity contribution is 5.71. The summed E-state index contributed by atoms with van der Waals surface area (Å²) in [6, 6.07) is 9.92. The molecule has 0 atom stereocenters. The lowest BCUT2D eigenvalue weighted by molar-refractivity contribution is -0.144. The second-order valence-corrected chi connectivity index (χ2v) is 4.67. The lowest BCUT2D eigenvalue weighted by Gasteiger charge is -2.19. The molecule has 1 heterocycles. The fraction of sp³-hybridized carbons (Fsp3) is 0.400. The van der Waals surface area contributed by atoms with Crippen LogP contribution < -0.4 is 0 Å². The fourth-order valence-electron chi connectivity index (χ4n) is 1.99. The number of carbonyl (C=O) groups excluding carboxylic acids is 1. The van der Waals surface area contributed by atoms with Crippen LogP contribution >= 0.6 is 0 Å². The van der Waals surface area contributed by atoms with Crippen LogP contribution in [0.2, 0.25) is 0 Å². The first-order chi connectivity index (χ1) is 10.2. The van der Waals surface area contributed by atoms with Crippen molar-refractivity contribution in [3.63, 3.8) is 0 Å². The predicted molar refractivity (Wildman–Crippen MR) is 76.2 cm³/mol. The average Bonchev–Trinajstić information content (AvgIpc) is 2.85. The molecule has 0 saturated heterocycles. The Morgan fingerprint density at radius 1 is 1.29 bits per heavy atom. The summed E-state index contributed by atoms with van der Waals surface area (Å²) in [5.41, 5.74) is 1.11. The van der Waals surface area contributed by atoms with Crippen LogP contribution in [0.1, 0.15) is 24.2 Å². The average molecular weight is 289 g/mol. The third kappa shape index (κ3) is 5.00. The van der Waals surface area contributed by atoms with Crippen molar-refractivity contribution in [2.75, 3.05) is 13.2 Å². The van der Waals surface area contributed by atoms with Gasteiger partial charge in [0.25, 0.3) is 0 Å². The Hall–Kier alpha value is -2.21. The lowest BCUT2D eigenvalue weighted by atomic mass is 10.2. The van der Waals surface area contributed by atoms with Crippen LogP contribution in [-0.2, 0) is 22.6 Å². The van der Waals surface area contributed by atoms with Crippen molar-refractivity contribution < 1.29 is 14.1 Å². The largest absolute Gasteiger partial charge is 0.465 e. The minimum Gasteiger partial charge on any atom is -0.465 e. The summed E-state index contributed by atoms with van der Waals surface area (Å²) in [5, 5.41) is 3.76. The van der Waals surface area contributed by atoms with E-state index in [0.717, 1.165) is 5.56 Å². The molecule has 0 amide bonds. The van der Waals surface area contributed by atoms with Crippen LogP contribution in [0.4, 0.5) is 0 Å². The smallest absolute Gasteiger partial charge is 0.320 e. The molecular weight excluding hydrogens is 270 g/mol. The van der Waals surface area contributed by atoms with Gasteiger partial charge in [-0.1, -0.05) is 35.5 Å². The number of aromatic nitrogens is 2. The number of ether oxygens (including phenoxy) is 1. The van der Waals surface area contributed by atoms with Gasteiger partial charge in [-0.3, -0.25) is 9.69 Å². The number of esters is 1. The van der Waals surface area contributed by atoms with Gasteiger partial charge in [-0.15, -0.1) is 0 Å². The maximum Gasteiger partial charge on any atom is 0.320 e. The maximum atomic E-state index is 11.7. The first-order valence-corrected chi connectivity index (χ1v) is 6.88. The third-order valence-corrected chi connectivity index (χ3v) is 2.84. The van der Waals surface area contributed by atoms with Crippen LogP contribution in [-0.4, -0.2) is 34.2 Å². The SMILES string of the molecule is CCOC(=O)CN(Cc1ccccc1)Cc1nc(C)no1. The number of aryl methyl sites for hydroxylation is 1. The van der Waals surface area contributed by atoms with Crippen molar-refractivity contribution in [2.24, 2.45) is 0 Å². The second-order valence-electron chi connectivity index (χ2n) is 4.67. The minimum atomic E-state index is -0.260. The van der Waals surface area contributed by atoms with Gasteiger partial charge in [-0.25, -0.2) is 0 Å². The summed E-state index contributed by atoms with van der Waals surface area (Å²) in [5.74, 6) is 0.818. The van der Waals surface area contributed by atoms with E-state index in [0.29, 0.717) is 31.4 Å². The molecular formula is C15H19N3O3. The van der Waals surface area contributed by atoms with E-state index < -0.39 is 0 Å². The van der Waals surface area contributed by atoms with Crippen molar-refractivity contribution in [1.82, 2.24) is 15.0 Å². The van der Waals surface area contributed by atoms with Crippen molar-refractivity contribution in [3.05, 3.63) is 47.6 Å². The van der Waals surface area contributed by atoms with Crippen molar-refractivity contribution in [1.29, 1.82) is 0 Å². The Morgan fingerprint density at radius 3 is 2.67 bits per heavy atom. The molecule has 0 radical (unpaired) electrons. The van der Waals surface area contributed by atoms with Crippen LogP contribution in [0.5, 0.6) is 0 Å². The van der Waals surface area contributed by atoms with Gasteiger partial charge in [-0.2, -0.15) is 4.98 Å². The van der Waals surface area contributed by atoms with Gasteiger partial charge in [0, 0.05) is 6.54 Å². The summed E-state index contributed by atoms with van der Waals surface area (Å²) in [4.78, 5) is 17.8. The molecule has 1 aromatic carbocycles. The first kappa shape index (κ1) is 15.2. The molecule has 0 aliphatic rings. The fourth-order valence-corrected chi connectivity index (χ4v) is 1.99. The van der Waals surface area contributed by atoms with E-state index in [-0.39, 0.29) is 12.5 Å². The highest BCUT2D eigenvalue weighted by atomic mass is 16.5. The highest BCUT2D eigenvalue weighted by Gasteiger charge is 2.15. The Bertz CT molecular complexity index is 569. The lowest BCUT2D eigenvalue weighted by Crippen LogP contribution is -2.30. The first-order valence-electron chi connectivity index (χ1n) is 6.88. The Balaban J connectivity index is 2.04. The Morgan fingerprint density at radius 2 is 2.05 bits per heavy atom. The van der Waals surface area contributed by atoms with E-state index in [9.17, 15) is 4.79 Å². The number of benzene rings is 1. The molecule has 2 rings (SSSR count). The number of carbonyl (C=O) groups is 1. The molecule has 0 saturated carbocycles. The zero-order chi connectivity index (χ0) is 15.1. The van der Waals surface area contributed by atoms with Crippen LogP contribution in [0, 0.1) is 6.92 Å². The zero-order valence-corrected chi connectivity index (χ0v) is 12.3. The summed E-state index contributed by atoms with van der Waals surface area (Å²) in [6.45, 7) is 5.14. The van der Waals surface area contributed by atoms with E-state index in [2.05, 4.69) is 10.1 Å². The molecule has 112 valence electrons. The standard InChI is InChI=1S/C15H19N3O3/c1-3-20-15(19)11-18(9-13-7-5-4-6-8-13)10-14-16-12(2)17-21-14/h4-8H,3,9-11H2,1-2H3. The van der Waals surface area contributed by atoms with Crippen molar-refractivity contribution >= 4 is 5.97 Å². The second kappa shape index (κ2) is 7.54. The molecule has 0 spiro atoms. The van der Waals surface area contributed by atoms with Gasteiger partial charge in [0.15, 0.2) is 5.82 Å². The monoisotopic (exact) mass is 289 g/mol. The molecule has 0 bridgehead atoms. The molecule has 0 aliphatic heterocycles. The van der Waals surface area contributed by atoms with Crippen LogP contribution in [0.25, 0.3) is 0 Å². The minimum absolute atomic E-state index is 0.185. The summed E-state index contributed by atoms with van der Waals surface area (Å²) < 4.78 is 10.1. The van der Waals surface area contributed by atoms with Gasteiger partial charge >= 0.3 is 5.97 Å². The van der Waals surface area contributed by atoms with Gasteiger partial charge in [0.2, 0.25) is 5.89 Å². The Labute approximate surface area is 123 Å². The predicted octanol–water partition coefficient (Wildman–Crippen LogP) is 1.94. The molecule has 0 unspecified atom stereocenters. The molecule has 2 aromatic rings. The maximum absolute atomic E-state index is 11.7. The van der Waals surface area contributed by atoms with Crippen LogP contribution in [0.3, 0.4) is 0 Å². The van der Waals surface area contributed by atoms with Gasteiger partial charge < -0.3 is 9.26 Å². The number of nitrogens with zero attached hydrogens (tertiary/aromatic N) is 3. The van der Waals surface area contributed by atoms with E-state index >= 15 is 0 Å². The van der Waals surface area contributed by atoms with Gasteiger partial charge in [-0.05, 0) is 19.4 Å². The topological polar surface area (TPSA) is 68.5 Å². The summed E-state index contributed by atoms with van der Waals surface area (Å²) >= 11 is 0. The molecule has 0 aliphatic carbocycles. The number of rotatable bonds is 7. The van der Waals surface area contributed by atoms with E-state index in [1.54, 1.807) is 13.8 Å². The normalized spacial score (nSPS) is 10.8. The Kier molecular flexibility index (Phi) is 5.45. The van der Waals surface area contributed by atoms with E-state index in [1.807, 2.05) is 35.2 Å². The third-order valence-electron chi connectivity index (χ3n) is 2.84. The van der Waals surface area contributed by atoms with Gasteiger partial charge in [0.1, 0.15) is 0 Å². The van der Waals surface area contributed by atoms with Gasteiger partial charge in [0.05, 0.1) is 19.7 Å². The zero-order valence-electron chi connectivity index (χ0n) is 12.3. The molecule has 6 heteroatoms. The van der Waals surface area contributed by atoms with Crippen molar-refractivity contribution in [3.8, 4) is 0 Å².